The number of nitrogens with one attached hydrogen (secondary N) is 2. The largest absolute Gasteiger partial charge is 0.379 e. The molecule has 110 valence electrons. The van der Waals surface area contributed by atoms with Gasteiger partial charge in [0.1, 0.15) is 5.82 Å². The maximum Gasteiger partial charge on any atom is 0.227 e. The third kappa shape index (κ3) is 3.69. The number of carbonyl (C=O) groups is 1. The summed E-state index contributed by atoms with van der Waals surface area (Å²) in [4.78, 5) is 12.1. The number of hydrogen-bond donors (Lipinski definition) is 2. The van der Waals surface area contributed by atoms with Gasteiger partial charge in [-0.25, -0.2) is 4.39 Å². The summed E-state index contributed by atoms with van der Waals surface area (Å²) < 4.78 is 18.4. The first-order chi connectivity index (χ1) is 9.61. The number of rotatable bonds is 5. The molecule has 2 rings (SSSR count). The normalized spacial score (nSPS) is 21.9. The summed E-state index contributed by atoms with van der Waals surface area (Å²) in [6, 6.07) is 4.47. The Morgan fingerprint density at radius 3 is 3.00 bits per heavy atom. The van der Waals surface area contributed by atoms with Crippen LogP contribution in [0.2, 0.25) is 5.02 Å². The number of amides is 1. The van der Waals surface area contributed by atoms with E-state index in [9.17, 15) is 9.18 Å². The van der Waals surface area contributed by atoms with E-state index in [4.69, 9.17) is 16.3 Å². The first kappa shape index (κ1) is 15.2. The van der Waals surface area contributed by atoms with Crippen molar-refractivity contribution in [3.8, 4) is 0 Å². The Bertz CT molecular complexity index is 484. The maximum absolute atomic E-state index is 13.0. The molecule has 1 heterocycles. The second kappa shape index (κ2) is 7.02. The van der Waals surface area contributed by atoms with E-state index in [-0.39, 0.29) is 22.9 Å². The zero-order chi connectivity index (χ0) is 14.5. The van der Waals surface area contributed by atoms with Crippen LogP contribution in [0.1, 0.15) is 12.5 Å². The van der Waals surface area contributed by atoms with Crippen molar-refractivity contribution >= 4 is 17.5 Å². The van der Waals surface area contributed by atoms with Crippen LogP contribution in [0.15, 0.2) is 18.2 Å². The predicted molar refractivity (Wildman–Crippen MR) is 75.0 cm³/mol. The highest BCUT2D eigenvalue weighted by atomic mass is 35.5. The molecule has 1 aliphatic heterocycles. The van der Waals surface area contributed by atoms with Crippen LogP contribution in [0.25, 0.3) is 0 Å². The highest BCUT2D eigenvalue weighted by Gasteiger charge is 2.33. The molecule has 0 aromatic heterocycles. The van der Waals surface area contributed by atoms with Crippen molar-refractivity contribution in [3.05, 3.63) is 34.6 Å². The fraction of sp³-hybridized carbons (Fsp3) is 0.500. The fourth-order valence-electron chi connectivity index (χ4n) is 2.25. The van der Waals surface area contributed by atoms with E-state index >= 15 is 0 Å². The van der Waals surface area contributed by atoms with Crippen molar-refractivity contribution < 1.29 is 13.9 Å². The molecule has 0 spiro atoms. The van der Waals surface area contributed by atoms with E-state index in [0.717, 1.165) is 12.1 Å². The lowest BCUT2D eigenvalue weighted by atomic mass is 10.0. The van der Waals surface area contributed by atoms with Crippen molar-refractivity contribution in [1.82, 2.24) is 10.6 Å². The lowest BCUT2D eigenvalue weighted by Gasteiger charge is -2.17. The van der Waals surface area contributed by atoms with Gasteiger partial charge in [0.05, 0.1) is 24.2 Å². The molecule has 1 aliphatic rings. The van der Waals surface area contributed by atoms with Crippen LogP contribution >= 0.6 is 11.6 Å². The van der Waals surface area contributed by atoms with Gasteiger partial charge in [0.15, 0.2) is 0 Å². The third-order valence-corrected chi connectivity index (χ3v) is 3.62. The Morgan fingerprint density at radius 2 is 2.30 bits per heavy atom. The van der Waals surface area contributed by atoms with Crippen molar-refractivity contribution in [2.75, 3.05) is 19.8 Å². The molecular formula is C14H18ClFN2O2. The van der Waals surface area contributed by atoms with Crippen LogP contribution < -0.4 is 10.6 Å². The van der Waals surface area contributed by atoms with E-state index < -0.39 is 5.82 Å². The van der Waals surface area contributed by atoms with E-state index in [1.54, 1.807) is 6.07 Å². The predicted octanol–water partition coefficient (Wildman–Crippen LogP) is 1.72. The molecule has 6 heteroatoms. The van der Waals surface area contributed by atoms with Gasteiger partial charge in [-0.3, -0.25) is 4.79 Å². The maximum atomic E-state index is 13.0. The fourth-order valence-corrected chi connectivity index (χ4v) is 2.45. The number of benzene rings is 1. The van der Waals surface area contributed by atoms with Crippen LogP contribution in [0.4, 0.5) is 4.39 Å². The minimum atomic E-state index is -0.460. The molecular weight excluding hydrogens is 283 g/mol. The molecule has 1 fully saturated rings. The smallest absolute Gasteiger partial charge is 0.227 e. The van der Waals surface area contributed by atoms with Gasteiger partial charge in [-0.2, -0.15) is 0 Å². The second-order valence-electron chi connectivity index (χ2n) is 4.77. The number of carbonyl (C=O) groups excluding carboxylic acids is 1. The summed E-state index contributed by atoms with van der Waals surface area (Å²) in [5, 5.41) is 6.13. The molecule has 2 unspecified atom stereocenters. The molecule has 0 radical (unpaired) electrons. The van der Waals surface area contributed by atoms with Gasteiger partial charge in [-0.05, 0) is 24.2 Å². The van der Waals surface area contributed by atoms with Crippen LogP contribution in [0.5, 0.6) is 0 Å². The van der Waals surface area contributed by atoms with Crippen LogP contribution in [-0.4, -0.2) is 31.7 Å². The number of halogens is 2. The van der Waals surface area contributed by atoms with Gasteiger partial charge in [0.25, 0.3) is 0 Å². The minimum absolute atomic E-state index is 0.0526. The van der Waals surface area contributed by atoms with E-state index in [0.29, 0.717) is 19.8 Å². The number of ether oxygens (including phenoxy) is 1. The molecule has 0 bridgehead atoms. The summed E-state index contributed by atoms with van der Waals surface area (Å²) >= 11 is 5.70. The van der Waals surface area contributed by atoms with E-state index in [2.05, 4.69) is 10.6 Å². The molecule has 1 saturated heterocycles. The Labute approximate surface area is 122 Å². The Morgan fingerprint density at radius 1 is 1.50 bits per heavy atom. The highest BCUT2D eigenvalue weighted by molar-refractivity contribution is 6.30. The summed E-state index contributed by atoms with van der Waals surface area (Å²) in [6.07, 6.45) is 0. The topological polar surface area (TPSA) is 50.4 Å². The van der Waals surface area contributed by atoms with Crippen LogP contribution in [-0.2, 0) is 16.1 Å². The van der Waals surface area contributed by atoms with Gasteiger partial charge in [-0.1, -0.05) is 24.6 Å². The van der Waals surface area contributed by atoms with Gasteiger partial charge < -0.3 is 15.4 Å². The lowest BCUT2D eigenvalue weighted by molar-refractivity contribution is -0.125. The van der Waals surface area contributed by atoms with E-state index in [1.807, 2.05) is 6.92 Å². The zero-order valence-electron chi connectivity index (χ0n) is 11.3. The molecule has 1 aromatic rings. The number of hydrogen-bond acceptors (Lipinski definition) is 3. The molecule has 2 atom stereocenters. The van der Waals surface area contributed by atoms with Gasteiger partial charge in [0, 0.05) is 12.6 Å². The Kier molecular flexibility index (Phi) is 5.34. The van der Waals surface area contributed by atoms with Crippen molar-refractivity contribution in [3.63, 3.8) is 0 Å². The second-order valence-corrected chi connectivity index (χ2v) is 5.18. The standard InChI is InChI=1S/C14H18ClFN2O2/c1-2-17-13-8-20-7-10(13)14(19)18-6-9-3-4-12(16)11(15)5-9/h3-5,10,13,17H,2,6-8H2,1H3,(H,18,19). The zero-order valence-corrected chi connectivity index (χ0v) is 12.0. The Hall–Kier alpha value is -1.17. The average Bonchev–Trinajstić information content (AvgIpc) is 2.88. The quantitative estimate of drug-likeness (QED) is 0.870. The molecule has 20 heavy (non-hydrogen) atoms. The molecule has 1 aromatic carbocycles. The number of likely N-dealkylation sites (N-methyl/N-ethyl adjacent to an activating group) is 1. The molecule has 4 nitrogen and oxygen atoms in total. The summed E-state index contributed by atoms with van der Waals surface area (Å²) in [7, 11) is 0. The summed E-state index contributed by atoms with van der Waals surface area (Å²) in [5.74, 6) is -0.710. The van der Waals surface area contributed by atoms with Gasteiger partial charge in [0.2, 0.25) is 5.91 Å². The molecule has 2 N–H and O–H groups in total. The van der Waals surface area contributed by atoms with Crippen LogP contribution in [0, 0.1) is 11.7 Å². The SMILES string of the molecule is CCNC1COCC1C(=O)NCc1ccc(F)c(Cl)c1. The monoisotopic (exact) mass is 300 g/mol. The average molecular weight is 301 g/mol. The summed E-state index contributed by atoms with van der Waals surface area (Å²) in [6.45, 7) is 4.09. The molecule has 0 saturated carbocycles. The van der Waals surface area contributed by atoms with Crippen LogP contribution in [0.3, 0.4) is 0 Å². The highest BCUT2D eigenvalue weighted by Crippen LogP contribution is 2.17. The first-order valence-corrected chi connectivity index (χ1v) is 7.02. The van der Waals surface area contributed by atoms with E-state index in [1.165, 1.54) is 12.1 Å². The van der Waals surface area contributed by atoms with Gasteiger partial charge >= 0.3 is 0 Å². The summed E-state index contributed by atoms with van der Waals surface area (Å²) in [5.41, 5.74) is 0.767. The van der Waals surface area contributed by atoms with Crippen molar-refractivity contribution in [2.45, 2.75) is 19.5 Å². The molecule has 0 aliphatic carbocycles. The van der Waals surface area contributed by atoms with Crippen molar-refractivity contribution in [2.24, 2.45) is 5.92 Å². The minimum Gasteiger partial charge on any atom is -0.379 e. The molecule has 1 amide bonds. The third-order valence-electron chi connectivity index (χ3n) is 3.33. The van der Waals surface area contributed by atoms with Crippen molar-refractivity contribution in [1.29, 1.82) is 0 Å². The Balaban J connectivity index is 1.89. The first-order valence-electron chi connectivity index (χ1n) is 6.64. The van der Waals surface area contributed by atoms with Gasteiger partial charge in [-0.15, -0.1) is 0 Å². The lowest BCUT2D eigenvalue weighted by Crippen LogP contribution is -2.43.